The molecule has 5 nitrogen and oxygen atoms in total. The second kappa shape index (κ2) is 8.94. The van der Waals surface area contributed by atoms with Crippen LogP contribution in [0, 0.1) is 5.82 Å². The van der Waals surface area contributed by atoms with Crippen LogP contribution >= 0.6 is 0 Å². The summed E-state index contributed by atoms with van der Waals surface area (Å²) >= 11 is 0. The molecule has 0 saturated carbocycles. The lowest BCUT2D eigenvalue weighted by Gasteiger charge is -2.30. The first kappa shape index (κ1) is 18.6. The zero-order valence-electron chi connectivity index (χ0n) is 14.0. The quantitative estimate of drug-likeness (QED) is 0.807. The third-order valence-corrected chi connectivity index (χ3v) is 3.76. The molecule has 0 aliphatic rings. The average Bonchev–Trinajstić information content (AvgIpc) is 2.62. The molecule has 0 aliphatic heterocycles. The Bertz CT molecular complexity index is 704. The minimum atomic E-state index is -0.838. The Morgan fingerprint density at radius 2 is 1.76 bits per heavy atom. The highest BCUT2D eigenvalue weighted by molar-refractivity contribution is 5.88. The zero-order chi connectivity index (χ0) is 18.2. The van der Waals surface area contributed by atoms with Gasteiger partial charge in [0.25, 0.3) is 0 Å². The molecule has 0 spiro atoms. The van der Waals surface area contributed by atoms with Crippen molar-refractivity contribution >= 4 is 11.8 Å². The normalized spacial score (nSPS) is 11.6. The van der Waals surface area contributed by atoms with E-state index < -0.39 is 6.04 Å². The SMILES string of the molecule is CC(=O)N(Cc1ccc(F)cc1)C(C(=O)NCCO)c1ccccc1. The molecule has 2 aromatic carbocycles. The topological polar surface area (TPSA) is 69.6 Å². The van der Waals surface area contributed by atoms with Crippen LogP contribution in [-0.4, -0.2) is 35.0 Å². The molecule has 0 aliphatic carbocycles. The third-order valence-electron chi connectivity index (χ3n) is 3.76. The Balaban J connectivity index is 2.34. The Hall–Kier alpha value is -2.73. The van der Waals surface area contributed by atoms with Crippen molar-refractivity contribution in [2.75, 3.05) is 13.2 Å². The number of aliphatic hydroxyl groups is 1. The molecule has 132 valence electrons. The summed E-state index contributed by atoms with van der Waals surface area (Å²) in [6.07, 6.45) is 0. The summed E-state index contributed by atoms with van der Waals surface area (Å²) in [5.41, 5.74) is 1.38. The molecular formula is C19H21FN2O3. The number of hydrogen-bond donors (Lipinski definition) is 2. The molecule has 0 heterocycles. The Morgan fingerprint density at radius 1 is 1.12 bits per heavy atom. The van der Waals surface area contributed by atoms with Crippen molar-refractivity contribution in [1.29, 1.82) is 0 Å². The van der Waals surface area contributed by atoms with Gasteiger partial charge in [0.1, 0.15) is 11.9 Å². The predicted octanol–water partition coefficient (Wildman–Crippen LogP) is 2.02. The van der Waals surface area contributed by atoms with E-state index >= 15 is 0 Å². The first-order valence-electron chi connectivity index (χ1n) is 7.98. The van der Waals surface area contributed by atoms with Crippen molar-refractivity contribution < 1.29 is 19.1 Å². The number of nitrogens with one attached hydrogen (secondary N) is 1. The summed E-state index contributed by atoms with van der Waals surface area (Å²) in [5.74, 6) is -1.02. The summed E-state index contributed by atoms with van der Waals surface area (Å²) in [4.78, 5) is 26.3. The van der Waals surface area contributed by atoms with E-state index in [1.165, 1.54) is 24.0 Å². The van der Waals surface area contributed by atoms with Crippen LogP contribution in [0.5, 0.6) is 0 Å². The maximum absolute atomic E-state index is 13.1. The smallest absolute Gasteiger partial charge is 0.247 e. The maximum atomic E-state index is 13.1. The lowest BCUT2D eigenvalue weighted by atomic mass is 10.0. The summed E-state index contributed by atoms with van der Waals surface area (Å²) in [6, 6.07) is 13.9. The predicted molar refractivity (Wildman–Crippen MR) is 91.9 cm³/mol. The first-order chi connectivity index (χ1) is 12.0. The molecule has 2 amide bonds. The average molecular weight is 344 g/mol. The molecule has 1 unspecified atom stereocenters. The molecule has 0 bridgehead atoms. The van der Waals surface area contributed by atoms with E-state index in [9.17, 15) is 14.0 Å². The number of rotatable bonds is 7. The minimum Gasteiger partial charge on any atom is -0.395 e. The van der Waals surface area contributed by atoms with Gasteiger partial charge in [-0.3, -0.25) is 9.59 Å². The largest absolute Gasteiger partial charge is 0.395 e. The lowest BCUT2D eigenvalue weighted by molar-refractivity contribution is -0.140. The molecule has 0 radical (unpaired) electrons. The number of nitrogens with zero attached hydrogens (tertiary/aromatic N) is 1. The van der Waals surface area contributed by atoms with Gasteiger partial charge in [0, 0.05) is 20.0 Å². The van der Waals surface area contributed by atoms with Crippen LogP contribution in [0.2, 0.25) is 0 Å². The van der Waals surface area contributed by atoms with Crippen molar-refractivity contribution in [3.8, 4) is 0 Å². The Morgan fingerprint density at radius 3 is 2.32 bits per heavy atom. The van der Waals surface area contributed by atoms with E-state index in [-0.39, 0.29) is 37.3 Å². The summed E-state index contributed by atoms with van der Waals surface area (Å²) in [7, 11) is 0. The second-order valence-electron chi connectivity index (χ2n) is 5.60. The van der Waals surface area contributed by atoms with Crippen LogP contribution in [0.15, 0.2) is 54.6 Å². The zero-order valence-corrected chi connectivity index (χ0v) is 14.0. The number of halogens is 1. The van der Waals surface area contributed by atoms with E-state index in [1.807, 2.05) is 6.07 Å². The molecule has 0 saturated heterocycles. The molecule has 2 N–H and O–H groups in total. The number of carbonyl (C=O) groups excluding carboxylic acids is 2. The Labute approximate surface area is 146 Å². The van der Waals surface area contributed by atoms with Gasteiger partial charge in [-0.15, -0.1) is 0 Å². The van der Waals surface area contributed by atoms with Gasteiger partial charge in [-0.25, -0.2) is 4.39 Å². The van der Waals surface area contributed by atoms with Crippen LogP contribution < -0.4 is 5.32 Å². The minimum absolute atomic E-state index is 0.102. The van der Waals surface area contributed by atoms with E-state index in [0.29, 0.717) is 11.1 Å². The fraction of sp³-hybridized carbons (Fsp3) is 0.263. The molecule has 0 fully saturated rings. The van der Waals surface area contributed by atoms with Crippen molar-refractivity contribution in [3.63, 3.8) is 0 Å². The highest BCUT2D eigenvalue weighted by Gasteiger charge is 2.29. The van der Waals surface area contributed by atoms with Gasteiger partial charge in [0.05, 0.1) is 6.61 Å². The fourth-order valence-corrected chi connectivity index (χ4v) is 2.55. The number of amides is 2. The van der Waals surface area contributed by atoms with Gasteiger partial charge >= 0.3 is 0 Å². The van der Waals surface area contributed by atoms with Crippen LogP contribution in [-0.2, 0) is 16.1 Å². The number of carbonyl (C=O) groups is 2. The van der Waals surface area contributed by atoms with Gasteiger partial charge < -0.3 is 15.3 Å². The fourth-order valence-electron chi connectivity index (χ4n) is 2.55. The van der Waals surface area contributed by atoms with Gasteiger partial charge in [-0.2, -0.15) is 0 Å². The van der Waals surface area contributed by atoms with E-state index in [1.54, 1.807) is 36.4 Å². The highest BCUT2D eigenvalue weighted by Crippen LogP contribution is 2.23. The molecule has 0 aromatic heterocycles. The molecule has 6 heteroatoms. The van der Waals surface area contributed by atoms with Crippen LogP contribution in [0.25, 0.3) is 0 Å². The van der Waals surface area contributed by atoms with Crippen LogP contribution in [0.4, 0.5) is 4.39 Å². The van der Waals surface area contributed by atoms with Crippen molar-refractivity contribution in [2.24, 2.45) is 0 Å². The highest BCUT2D eigenvalue weighted by atomic mass is 19.1. The summed E-state index contributed by atoms with van der Waals surface area (Å²) in [5, 5.41) is 11.6. The van der Waals surface area contributed by atoms with E-state index in [0.717, 1.165) is 0 Å². The molecule has 2 rings (SSSR count). The van der Waals surface area contributed by atoms with Crippen LogP contribution in [0.1, 0.15) is 24.1 Å². The molecule has 2 aromatic rings. The summed E-state index contributed by atoms with van der Waals surface area (Å²) in [6.45, 7) is 1.47. The third kappa shape index (κ3) is 5.12. The van der Waals surface area contributed by atoms with Crippen molar-refractivity contribution in [2.45, 2.75) is 19.5 Å². The van der Waals surface area contributed by atoms with Crippen LogP contribution in [0.3, 0.4) is 0 Å². The van der Waals surface area contributed by atoms with Crippen molar-refractivity contribution in [1.82, 2.24) is 10.2 Å². The molecule has 1 atom stereocenters. The number of hydrogen-bond acceptors (Lipinski definition) is 3. The summed E-state index contributed by atoms with van der Waals surface area (Å²) < 4.78 is 13.1. The van der Waals surface area contributed by atoms with Gasteiger partial charge in [-0.1, -0.05) is 42.5 Å². The molecular weight excluding hydrogens is 323 g/mol. The second-order valence-corrected chi connectivity index (χ2v) is 5.60. The first-order valence-corrected chi connectivity index (χ1v) is 7.98. The van der Waals surface area contributed by atoms with Gasteiger partial charge in [0.15, 0.2) is 0 Å². The van der Waals surface area contributed by atoms with E-state index in [2.05, 4.69) is 5.32 Å². The van der Waals surface area contributed by atoms with E-state index in [4.69, 9.17) is 5.11 Å². The lowest BCUT2D eigenvalue weighted by Crippen LogP contribution is -2.43. The maximum Gasteiger partial charge on any atom is 0.247 e. The van der Waals surface area contributed by atoms with Gasteiger partial charge in [-0.05, 0) is 23.3 Å². The number of benzene rings is 2. The molecule has 25 heavy (non-hydrogen) atoms. The standard InChI is InChI=1S/C19H21FN2O3/c1-14(24)22(13-15-7-9-17(20)10-8-15)18(19(25)21-11-12-23)16-5-3-2-4-6-16/h2-10,18,23H,11-13H2,1H3,(H,21,25). The Kier molecular flexibility index (Phi) is 6.65. The number of aliphatic hydroxyl groups excluding tert-OH is 1. The van der Waals surface area contributed by atoms with Crippen molar-refractivity contribution in [3.05, 3.63) is 71.5 Å². The van der Waals surface area contributed by atoms with Gasteiger partial charge in [0.2, 0.25) is 11.8 Å². The monoisotopic (exact) mass is 344 g/mol.